The standard InChI is InChI=1S/C15H18FNO3S2/c16-13-3-1-4-14(11-13)22(19,20)17-8-6-12(7-9-18)15-5-2-10-21-15/h1-5,10-12,17-18H,6-9H2. The Kier molecular flexibility index (Phi) is 6.07. The Morgan fingerprint density at radius 2 is 2.05 bits per heavy atom. The van der Waals surface area contributed by atoms with Crippen LogP contribution in [-0.2, 0) is 10.0 Å². The lowest BCUT2D eigenvalue weighted by molar-refractivity contribution is 0.273. The van der Waals surface area contributed by atoms with Gasteiger partial charge in [0.05, 0.1) is 4.90 Å². The topological polar surface area (TPSA) is 66.4 Å². The second-order valence-electron chi connectivity index (χ2n) is 4.87. The van der Waals surface area contributed by atoms with Crippen LogP contribution in [0.1, 0.15) is 23.6 Å². The summed E-state index contributed by atoms with van der Waals surface area (Å²) in [5, 5.41) is 11.1. The van der Waals surface area contributed by atoms with Crippen molar-refractivity contribution in [1.82, 2.24) is 4.72 Å². The Bertz CT molecular complexity index is 687. The van der Waals surface area contributed by atoms with E-state index >= 15 is 0 Å². The number of hydrogen-bond acceptors (Lipinski definition) is 4. The molecule has 1 unspecified atom stereocenters. The molecule has 2 aromatic rings. The fraction of sp³-hybridized carbons (Fsp3) is 0.333. The van der Waals surface area contributed by atoms with Crippen LogP contribution in [-0.4, -0.2) is 26.7 Å². The SMILES string of the molecule is O=S(=O)(NCCC(CCO)c1cccs1)c1cccc(F)c1. The zero-order valence-electron chi connectivity index (χ0n) is 11.9. The van der Waals surface area contributed by atoms with Gasteiger partial charge in [-0.25, -0.2) is 17.5 Å². The molecule has 2 rings (SSSR count). The molecule has 2 N–H and O–H groups in total. The minimum Gasteiger partial charge on any atom is -0.396 e. The maximum Gasteiger partial charge on any atom is 0.240 e. The van der Waals surface area contributed by atoms with Gasteiger partial charge >= 0.3 is 0 Å². The molecule has 22 heavy (non-hydrogen) atoms. The molecule has 1 aromatic heterocycles. The van der Waals surface area contributed by atoms with Crippen molar-refractivity contribution in [2.45, 2.75) is 23.7 Å². The molecule has 0 bridgehead atoms. The monoisotopic (exact) mass is 343 g/mol. The quantitative estimate of drug-likeness (QED) is 0.774. The first kappa shape index (κ1) is 17.1. The van der Waals surface area contributed by atoms with Crippen LogP contribution in [0, 0.1) is 5.82 Å². The van der Waals surface area contributed by atoms with Gasteiger partial charge < -0.3 is 5.11 Å². The van der Waals surface area contributed by atoms with Gasteiger partial charge in [-0.1, -0.05) is 12.1 Å². The fourth-order valence-corrected chi connectivity index (χ4v) is 4.17. The van der Waals surface area contributed by atoms with Gasteiger partial charge in [-0.15, -0.1) is 11.3 Å². The molecule has 0 aliphatic carbocycles. The Balaban J connectivity index is 1.97. The average Bonchev–Trinajstić information content (AvgIpc) is 3.00. The third-order valence-electron chi connectivity index (χ3n) is 3.31. The number of aliphatic hydroxyl groups excluding tert-OH is 1. The molecule has 0 amide bonds. The molecule has 0 spiro atoms. The van der Waals surface area contributed by atoms with Crippen molar-refractivity contribution in [2.24, 2.45) is 0 Å². The van der Waals surface area contributed by atoms with Crippen LogP contribution in [0.3, 0.4) is 0 Å². The molecule has 1 heterocycles. The molecule has 4 nitrogen and oxygen atoms in total. The molecular weight excluding hydrogens is 325 g/mol. The Hall–Kier alpha value is -1.28. The normalized spacial score (nSPS) is 13.2. The number of hydrogen-bond donors (Lipinski definition) is 2. The summed E-state index contributed by atoms with van der Waals surface area (Å²) in [6.07, 6.45) is 1.16. The van der Waals surface area contributed by atoms with Crippen molar-refractivity contribution < 1.29 is 17.9 Å². The molecule has 1 aromatic carbocycles. The van der Waals surface area contributed by atoms with Crippen molar-refractivity contribution in [1.29, 1.82) is 0 Å². The zero-order valence-corrected chi connectivity index (χ0v) is 13.5. The summed E-state index contributed by atoms with van der Waals surface area (Å²) in [4.78, 5) is 1.04. The number of nitrogens with one attached hydrogen (secondary N) is 1. The smallest absolute Gasteiger partial charge is 0.240 e. The van der Waals surface area contributed by atoms with Gasteiger partial charge in [0.1, 0.15) is 5.82 Å². The van der Waals surface area contributed by atoms with Gasteiger partial charge in [0.15, 0.2) is 0 Å². The van der Waals surface area contributed by atoms with E-state index in [2.05, 4.69) is 4.72 Å². The second-order valence-corrected chi connectivity index (χ2v) is 7.61. The van der Waals surface area contributed by atoms with Crippen LogP contribution in [0.2, 0.25) is 0 Å². The predicted octanol–water partition coefficient (Wildman–Crippen LogP) is 2.72. The van der Waals surface area contributed by atoms with Gasteiger partial charge in [-0.05, 0) is 48.4 Å². The maximum atomic E-state index is 13.1. The minimum absolute atomic E-state index is 0.0548. The van der Waals surface area contributed by atoms with Crippen molar-refractivity contribution in [3.05, 3.63) is 52.5 Å². The molecule has 0 radical (unpaired) electrons. The summed E-state index contributed by atoms with van der Waals surface area (Å²) in [6.45, 7) is 0.292. The molecule has 0 aliphatic heterocycles. The van der Waals surface area contributed by atoms with Crippen molar-refractivity contribution in [3.63, 3.8) is 0 Å². The van der Waals surface area contributed by atoms with E-state index in [1.165, 1.54) is 18.2 Å². The third-order valence-corrected chi connectivity index (χ3v) is 5.81. The number of thiophene rings is 1. The highest BCUT2D eigenvalue weighted by molar-refractivity contribution is 7.89. The Labute approximate surface area is 133 Å². The molecule has 0 aliphatic rings. The van der Waals surface area contributed by atoms with E-state index in [1.54, 1.807) is 11.3 Å². The molecule has 120 valence electrons. The predicted molar refractivity (Wildman–Crippen MR) is 85.0 cm³/mol. The highest BCUT2D eigenvalue weighted by Crippen LogP contribution is 2.27. The van der Waals surface area contributed by atoms with Crippen molar-refractivity contribution >= 4 is 21.4 Å². The van der Waals surface area contributed by atoms with E-state index < -0.39 is 15.8 Å². The third kappa shape index (κ3) is 4.61. The first-order valence-corrected chi connectivity index (χ1v) is 9.28. The second kappa shape index (κ2) is 7.82. The van der Waals surface area contributed by atoms with Crippen LogP contribution in [0.4, 0.5) is 4.39 Å². The van der Waals surface area contributed by atoms with E-state index in [0.717, 1.165) is 10.9 Å². The van der Waals surface area contributed by atoms with E-state index in [4.69, 9.17) is 5.11 Å². The number of aliphatic hydroxyl groups is 1. The summed E-state index contributed by atoms with van der Waals surface area (Å²) in [6, 6.07) is 8.83. The zero-order chi connectivity index (χ0) is 16.0. The summed E-state index contributed by atoms with van der Waals surface area (Å²) in [7, 11) is -3.71. The number of benzene rings is 1. The molecular formula is C15H18FNO3S2. The number of halogens is 1. The van der Waals surface area contributed by atoms with E-state index in [1.807, 2.05) is 17.5 Å². The Morgan fingerprint density at radius 3 is 2.68 bits per heavy atom. The lowest BCUT2D eigenvalue weighted by atomic mass is 10.0. The van der Waals surface area contributed by atoms with Crippen LogP contribution < -0.4 is 4.72 Å². The van der Waals surface area contributed by atoms with Crippen LogP contribution in [0.25, 0.3) is 0 Å². The lowest BCUT2D eigenvalue weighted by Crippen LogP contribution is -2.26. The molecule has 0 saturated heterocycles. The van der Waals surface area contributed by atoms with Gasteiger partial charge in [-0.3, -0.25) is 0 Å². The largest absolute Gasteiger partial charge is 0.396 e. The summed E-state index contributed by atoms with van der Waals surface area (Å²) in [5.74, 6) is -0.472. The van der Waals surface area contributed by atoms with E-state index in [9.17, 15) is 12.8 Å². The average molecular weight is 343 g/mol. The molecule has 1 atom stereocenters. The summed E-state index contributed by atoms with van der Waals surface area (Å²) in [5.41, 5.74) is 0. The van der Waals surface area contributed by atoms with E-state index in [0.29, 0.717) is 12.8 Å². The highest BCUT2D eigenvalue weighted by atomic mass is 32.2. The van der Waals surface area contributed by atoms with Crippen LogP contribution >= 0.6 is 11.3 Å². The maximum absolute atomic E-state index is 13.1. The Morgan fingerprint density at radius 1 is 1.23 bits per heavy atom. The summed E-state index contributed by atoms with van der Waals surface area (Å²) < 4.78 is 39.8. The fourth-order valence-electron chi connectivity index (χ4n) is 2.19. The first-order chi connectivity index (χ1) is 10.5. The van der Waals surface area contributed by atoms with Gasteiger partial charge in [0, 0.05) is 18.0 Å². The summed E-state index contributed by atoms with van der Waals surface area (Å²) >= 11 is 1.59. The highest BCUT2D eigenvalue weighted by Gasteiger charge is 2.17. The molecule has 0 fully saturated rings. The van der Waals surface area contributed by atoms with Crippen molar-refractivity contribution in [3.8, 4) is 0 Å². The lowest BCUT2D eigenvalue weighted by Gasteiger charge is -2.14. The van der Waals surface area contributed by atoms with E-state index in [-0.39, 0.29) is 24.0 Å². The van der Waals surface area contributed by atoms with Crippen molar-refractivity contribution in [2.75, 3.05) is 13.2 Å². The van der Waals surface area contributed by atoms with Gasteiger partial charge in [0.2, 0.25) is 10.0 Å². The number of sulfonamides is 1. The molecule has 0 saturated carbocycles. The minimum atomic E-state index is -3.71. The van der Waals surface area contributed by atoms with Crippen LogP contribution in [0.15, 0.2) is 46.7 Å². The first-order valence-electron chi connectivity index (χ1n) is 6.92. The van der Waals surface area contributed by atoms with Gasteiger partial charge in [0.25, 0.3) is 0 Å². The number of rotatable bonds is 8. The van der Waals surface area contributed by atoms with Crippen LogP contribution in [0.5, 0.6) is 0 Å². The van der Waals surface area contributed by atoms with Gasteiger partial charge in [-0.2, -0.15) is 0 Å². The molecule has 7 heteroatoms.